The van der Waals surface area contributed by atoms with Crippen LogP contribution in [0.1, 0.15) is 36.8 Å². The van der Waals surface area contributed by atoms with E-state index in [4.69, 9.17) is 0 Å². The first-order chi connectivity index (χ1) is 10.1. The zero-order valence-electron chi connectivity index (χ0n) is 12.7. The Morgan fingerprint density at radius 1 is 1.10 bits per heavy atom. The van der Waals surface area contributed by atoms with E-state index in [0.29, 0.717) is 0 Å². The molecule has 4 nitrogen and oxygen atoms in total. The van der Waals surface area contributed by atoms with Crippen molar-refractivity contribution in [3.05, 3.63) is 29.3 Å². The van der Waals surface area contributed by atoms with Crippen LogP contribution in [0.25, 0.3) is 0 Å². The van der Waals surface area contributed by atoms with Gasteiger partial charge in [-0.2, -0.15) is 0 Å². The molecular weight excluding hydrogens is 264 g/mol. The Balaban J connectivity index is 1.71. The van der Waals surface area contributed by atoms with Gasteiger partial charge in [0, 0.05) is 5.69 Å². The Kier molecular flexibility index (Phi) is 3.70. The van der Waals surface area contributed by atoms with Crippen LogP contribution in [0.2, 0.25) is 0 Å². The lowest BCUT2D eigenvalue weighted by atomic mass is 9.81. The topological polar surface area (TPSA) is 49.4 Å². The Labute approximate surface area is 125 Å². The van der Waals surface area contributed by atoms with Crippen molar-refractivity contribution in [3.63, 3.8) is 0 Å². The monoisotopic (exact) mass is 286 g/mol. The van der Waals surface area contributed by atoms with Gasteiger partial charge in [-0.15, -0.1) is 0 Å². The van der Waals surface area contributed by atoms with Crippen molar-refractivity contribution in [2.45, 2.75) is 39.5 Å². The lowest BCUT2D eigenvalue weighted by Crippen LogP contribution is -2.35. The first-order valence-electron chi connectivity index (χ1n) is 7.74. The second kappa shape index (κ2) is 5.51. The van der Waals surface area contributed by atoms with Crippen LogP contribution in [0.5, 0.6) is 0 Å². The van der Waals surface area contributed by atoms with E-state index in [9.17, 15) is 9.59 Å². The number of hydrogen-bond donors (Lipinski definition) is 1. The number of nitrogens with one attached hydrogen (secondary N) is 1. The molecule has 2 amide bonds. The first kappa shape index (κ1) is 14.1. The molecule has 4 heteroatoms. The Hall–Kier alpha value is -1.84. The van der Waals surface area contributed by atoms with Crippen molar-refractivity contribution in [1.29, 1.82) is 0 Å². The van der Waals surface area contributed by atoms with Crippen molar-refractivity contribution in [1.82, 2.24) is 4.90 Å². The van der Waals surface area contributed by atoms with E-state index < -0.39 is 0 Å². The minimum absolute atomic E-state index is 0.0162. The summed E-state index contributed by atoms with van der Waals surface area (Å²) >= 11 is 0. The number of carbonyl (C=O) groups excluding carboxylic acids is 2. The molecular formula is C17H22N2O2. The zero-order chi connectivity index (χ0) is 15.0. The summed E-state index contributed by atoms with van der Waals surface area (Å²) in [4.78, 5) is 26.2. The van der Waals surface area contributed by atoms with Gasteiger partial charge in [0.25, 0.3) is 0 Å². The third kappa shape index (κ3) is 2.55. The Morgan fingerprint density at radius 3 is 2.33 bits per heavy atom. The van der Waals surface area contributed by atoms with Gasteiger partial charge in [-0.25, -0.2) is 0 Å². The van der Waals surface area contributed by atoms with Crippen LogP contribution in [0.15, 0.2) is 18.2 Å². The average Bonchev–Trinajstić information content (AvgIpc) is 2.73. The zero-order valence-corrected chi connectivity index (χ0v) is 12.7. The van der Waals surface area contributed by atoms with Gasteiger partial charge >= 0.3 is 0 Å². The van der Waals surface area contributed by atoms with Crippen LogP contribution in [0, 0.1) is 25.7 Å². The molecule has 112 valence electrons. The van der Waals surface area contributed by atoms with E-state index in [2.05, 4.69) is 11.4 Å². The molecule has 0 bridgehead atoms. The summed E-state index contributed by atoms with van der Waals surface area (Å²) in [6.07, 6.45) is 3.88. The van der Waals surface area contributed by atoms with Crippen molar-refractivity contribution in [2.75, 3.05) is 12.0 Å². The average molecular weight is 286 g/mol. The molecule has 2 unspecified atom stereocenters. The van der Waals surface area contributed by atoms with E-state index in [1.807, 2.05) is 26.0 Å². The SMILES string of the molecule is Cc1ccc(C)c(NCN2C(=O)C3CCCCC3C2=O)c1. The van der Waals surface area contributed by atoms with Gasteiger partial charge in [-0.1, -0.05) is 25.0 Å². The number of likely N-dealkylation sites (tertiary alicyclic amines) is 1. The van der Waals surface area contributed by atoms with Crippen LogP contribution >= 0.6 is 0 Å². The summed E-state index contributed by atoms with van der Waals surface area (Å²) < 4.78 is 0. The van der Waals surface area contributed by atoms with Gasteiger partial charge < -0.3 is 5.32 Å². The normalized spacial score (nSPS) is 25.1. The van der Waals surface area contributed by atoms with E-state index in [1.165, 1.54) is 4.90 Å². The predicted octanol–water partition coefficient (Wildman–Crippen LogP) is 2.85. The fourth-order valence-corrected chi connectivity index (χ4v) is 3.48. The number of hydrogen-bond acceptors (Lipinski definition) is 3. The largest absolute Gasteiger partial charge is 0.367 e. The standard InChI is InChI=1S/C17H22N2O2/c1-11-7-8-12(2)15(9-11)18-10-19-16(20)13-5-3-4-6-14(13)17(19)21/h7-9,13-14,18H,3-6,10H2,1-2H3. The number of anilines is 1. The minimum Gasteiger partial charge on any atom is -0.367 e. The fourth-order valence-electron chi connectivity index (χ4n) is 3.48. The highest BCUT2D eigenvalue weighted by atomic mass is 16.2. The predicted molar refractivity (Wildman–Crippen MR) is 81.7 cm³/mol. The molecule has 0 aromatic heterocycles. The highest BCUT2D eigenvalue weighted by Crippen LogP contribution is 2.37. The molecule has 3 rings (SSSR count). The van der Waals surface area contributed by atoms with Crippen molar-refractivity contribution < 1.29 is 9.59 Å². The number of benzene rings is 1. The first-order valence-corrected chi connectivity index (χ1v) is 7.74. The van der Waals surface area contributed by atoms with E-state index in [1.54, 1.807) is 0 Å². The molecule has 0 spiro atoms. The summed E-state index contributed by atoms with van der Waals surface area (Å²) in [5, 5.41) is 3.25. The number of fused-ring (bicyclic) bond motifs is 1. The molecule has 2 fully saturated rings. The second-order valence-electron chi connectivity index (χ2n) is 6.26. The molecule has 0 radical (unpaired) electrons. The molecule has 1 saturated heterocycles. The van der Waals surface area contributed by atoms with E-state index >= 15 is 0 Å². The van der Waals surface area contributed by atoms with Gasteiger partial charge in [0.2, 0.25) is 11.8 Å². The summed E-state index contributed by atoms with van der Waals surface area (Å²) in [6.45, 7) is 4.34. The van der Waals surface area contributed by atoms with Gasteiger partial charge in [0.05, 0.1) is 18.5 Å². The van der Waals surface area contributed by atoms with Gasteiger partial charge in [-0.3, -0.25) is 14.5 Å². The van der Waals surface area contributed by atoms with E-state index in [-0.39, 0.29) is 30.3 Å². The van der Waals surface area contributed by atoms with Crippen LogP contribution < -0.4 is 5.32 Å². The number of nitrogens with zero attached hydrogens (tertiary/aromatic N) is 1. The Morgan fingerprint density at radius 2 is 1.71 bits per heavy atom. The molecule has 1 aliphatic heterocycles. The van der Waals surface area contributed by atoms with Gasteiger partial charge in [0.1, 0.15) is 0 Å². The summed E-state index contributed by atoms with van der Waals surface area (Å²) in [6, 6.07) is 6.15. The smallest absolute Gasteiger partial charge is 0.234 e. The van der Waals surface area contributed by atoms with Crippen molar-refractivity contribution in [2.24, 2.45) is 11.8 Å². The molecule has 2 aliphatic rings. The van der Waals surface area contributed by atoms with Crippen LogP contribution in [-0.2, 0) is 9.59 Å². The number of rotatable bonds is 3. The maximum atomic E-state index is 12.4. The third-order valence-electron chi connectivity index (χ3n) is 4.75. The summed E-state index contributed by atoms with van der Waals surface area (Å²) in [5.41, 5.74) is 3.28. The number of carbonyl (C=O) groups is 2. The van der Waals surface area contributed by atoms with Crippen LogP contribution in [-0.4, -0.2) is 23.4 Å². The maximum Gasteiger partial charge on any atom is 0.234 e. The molecule has 1 aromatic carbocycles. The quantitative estimate of drug-likeness (QED) is 0.869. The van der Waals surface area contributed by atoms with Gasteiger partial charge in [-0.05, 0) is 43.9 Å². The molecule has 2 atom stereocenters. The summed E-state index contributed by atoms with van der Waals surface area (Å²) in [5.74, 6) is -0.0941. The lowest BCUT2D eigenvalue weighted by molar-refractivity contribution is -0.139. The second-order valence-corrected chi connectivity index (χ2v) is 6.26. The minimum atomic E-state index is -0.0633. The summed E-state index contributed by atoms with van der Waals surface area (Å²) in [7, 11) is 0. The Bertz CT molecular complexity index is 558. The van der Waals surface area contributed by atoms with E-state index in [0.717, 1.165) is 42.5 Å². The van der Waals surface area contributed by atoms with Crippen molar-refractivity contribution in [3.8, 4) is 0 Å². The molecule has 1 aromatic rings. The highest BCUT2D eigenvalue weighted by molar-refractivity contribution is 6.05. The van der Waals surface area contributed by atoms with Crippen LogP contribution in [0.4, 0.5) is 5.69 Å². The van der Waals surface area contributed by atoms with Crippen LogP contribution in [0.3, 0.4) is 0 Å². The number of amides is 2. The molecule has 1 aliphatic carbocycles. The third-order valence-corrected chi connectivity index (χ3v) is 4.75. The number of aryl methyl sites for hydroxylation is 2. The molecule has 1 heterocycles. The van der Waals surface area contributed by atoms with Gasteiger partial charge in [0.15, 0.2) is 0 Å². The molecule has 1 saturated carbocycles. The molecule has 21 heavy (non-hydrogen) atoms. The van der Waals surface area contributed by atoms with Crippen molar-refractivity contribution >= 4 is 17.5 Å². The number of imide groups is 1. The molecule has 1 N–H and O–H groups in total. The lowest BCUT2D eigenvalue weighted by Gasteiger charge is -2.19. The highest BCUT2D eigenvalue weighted by Gasteiger charge is 2.47. The maximum absolute atomic E-state index is 12.4. The fraction of sp³-hybridized carbons (Fsp3) is 0.529.